The number of nitrogens with zero attached hydrogens (tertiary/aromatic N) is 1. The first kappa shape index (κ1) is 14.9. The van der Waals surface area contributed by atoms with Crippen LogP contribution in [0.2, 0.25) is 0 Å². The lowest BCUT2D eigenvalue weighted by Gasteiger charge is -2.40. The summed E-state index contributed by atoms with van der Waals surface area (Å²) >= 11 is 0. The summed E-state index contributed by atoms with van der Waals surface area (Å²) < 4.78 is 0. The molecule has 0 amide bonds. The normalized spacial score (nSPS) is 29.3. The zero-order valence-corrected chi connectivity index (χ0v) is 12.2. The van der Waals surface area contributed by atoms with Crippen molar-refractivity contribution in [1.29, 1.82) is 0 Å². The van der Waals surface area contributed by atoms with Crippen LogP contribution in [0.5, 0.6) is 0 Å². The molecular formula is C14H30N2O. The molecule has 0 spiro atoms. The standard InChI is InChI=1S/C14H30N2O/c1-11-7-6-8-12(2)16(11)10-13(17)9-15-14(3,4)5/h11-13,15,17H,6-10H2,1-5H3. The topological polar surface area (TPSA) is 35.5 Å². The van der Waals surface area contributed by atoms with E-state index < -0.39 is 0 Å². The zero-order chi connectivity index (χ0) is 13.1. The predicted molar refractivity (Wildman–Crippen MR) is 73.2 cm³/mol. The van der Waals surface area contributed by atoms with Gasteiger partial charge in [0.05, 0.1) is 6.10 Å². The highest BCUT2D eigenvalue weighted by atomic mass is 16.3. The van der Waals surface area contributed by atoms with Gasteiger partial charge in [-0.15, -0.1) is 0 Å². The molecule has 3 unspecified atom stereocenters. The average Bonchev–Trinajstić information content (AvgIpc) is 2.20. The fraction of sp³-hybridized carbons (Fsp3) is 1.00. The number of rotatable bonds is 4. The largest absolute Gasteiger partial charge is 0.390 e. The van der Waals surface area contributed by atoms with Gasteiger partial charge in [-0.25, -0.2) is 0 Å². The van der Waals surface area contributed by atoms with Crippen molar-refractivity contribution < 1.29 is 5.11 Å². The molecule has 102 valence electrons. The summed E-state index contributed by atoms with van der Waals surface area (Å²) in [6.07, 6.45) is 3.60. The van der Waals surface area contributed by atoms with Crippen LogP contribution in [0, 0.1) is 0 Å². The number of hydrogen-bond acceptors (Lipinski definition) is 3. The molecule has 0 aromatic carbocycles. The van der Waals surface area contributed by atoms with Crippen molar-refractivity contribution in [2.24, 2.45) is 0 Å². The third kappa shape index (κ3) is 5.36. The second-order valence-corrected chi connectivity index (χ2v) is 6.61. The molecule has 2 N–H and O–H groups in total. The molecule has 1 aliphatic heterocycles. The van der Waals surface area contributed by atoms with Crippen molar-refractivity contribution in [2.75, 3.05) is 13.1 Å². The van der Waals surface area contributed by atoms with E-state index in [1.807, 2.05) is 0 Å². The number of β-amino-alcohol motifs (C(OH)–C–C–N with tert-alkyl or cyclic N) is 1. The minimum atomic E-state index is -0.266. The van der Waals surface area contributed by atoms with Gasteiger partial charge >= 0.3 is 0 Å². The lowest BCUT2D eigenvalue weighted by Crippen LogP contribution is -2.50. The fourth-order valence-corrected chi connectivity index (χ4v) is 2.57. The molecule has 1 saturated heterocycles. The summed E-state index contributed by atoms with van der Waals surface area (Å²) in [6, 6.07) is 1.23. The van der Waals surface area contributed by atoms with Crippen LogP contribution in [0.3, 0.4) is 0 Å². The van der Waals surface area contributed by atoms with Crippen LogP contribution in [0.25, 0.3) is 0 Å². The van der Waals surface area contributed by atoms with E-state index in [4.69, 9.17) is 0 Å². The van der Waals surface area contributed by atoms with Crippen LogP contribution in [0.4, 0.5) is 0 Å². The monoisotopic (exact) mass is 242 g/mol. The number of hydrogen-bond donors (Lipinski definition) is 2. The molecule has 3 atom stereocenters. The lowest BCUT2D eigenvalue weighted by molar-refractivity contribution is 0.0395. The minimum Gasteiger partial charge on any atom is -0.390 e. The Bertz CT molecular complexity index is 215. The minimum absolute atomic E-state index is 0.0834. The number of nitrogens with one attached hydrogen (secondary N) is 1. The van der Waals surface area contributed by atoms with Gasteiger partial charge in [0.15, 0.2) is 0 Å². The zero-order valence-electron chi connectivity index (χ0n) is 12.2. The maximum absolute atomic E-state index is 10.1. The number of aliphatic hydroxyl groups is 1. The van der Waals surface area contributed by atoms with Gasteiger partial charge in [0, 0.05) is 30.7 Å². The molecule has 1 rings (SSSR count). The smallest absolute Gasteiger partial charge is 0.0791 e. The summed E-state index contributed by atoms with van der Waals surface area (Å²) in [7, 11) is 0. The average molecular weight is 242 g/mol. The number of piperidine rings is 1. The van der Waals surface area contributed by atoms with E-state index in [1.165, 1.54) is 19.3 Å². The molecule has 3 heteroatoms. The van der Waals surface area contributed by atoms with E-state index in [1.54, 1.807) is 0 Å². The molecule has 0 aliphatic carbocycles. The number of likely N-dealkylation sites (tertiary alicyclic amines) is 1. The molecule has 1 heterocycles. The van der Waals surface area contributed by atoms with Gasteiger partial charge in [-0.2, -0.15) is 0 Å². The summed E-state index contributed by atoms with van der Waals surface area (Å²) in [5.74, 6) is 0. The molecule has 0 aromatic heterocycles. The number of aliphatic hydroxyl groups excluding tert-OH is 1. The molecular weight excluding hydrogens is 212 g/mol. The Balaban J connectivity index is 2.36. The maximum atomic E-state index is 10.1. The van der Waals surface area contributed by atoms with Gasteiger partial charge in [-0.3, -0.25) is 4.90 Å². The first-order valence-electron chi connectivity index (χ1n) is 6.98. The third-order valence-electron chi connectivity index (χ3n) is 3.67. The second kappa shape index (κ2) is 6.17. The van der Waals surface area contributed by atoms with Gasteiger partial charge in [-0.1, -0.05) is 6.42 Å². The summed E-state index contributed by atoms with van der Waals surface area (Å²) in [5, 5.41) is 13.5. The van der Waals surface area contributed by atoms with Crippen LogP contribution in [-0.4, -0.2) is 46.8 Å². The Morgan fingerprint density at radius 1 is 1.24 bits per heavy atom. The molecule has 0 saturated carbocycles. The van der Waals surface area contributed by atoms with Crippen molar-refractivity contribution >= 4 is 0 Å². The van der Waals surface area contributed by atoms with Crippen molar-refractivity contribution in [3.8, 4) is 0 Å². The van der Waals surface area contributed by atoms with E-state index in [0.29, 0.717) is 18.6 Å². The molecule has 0 radical (unpaired) electrons. The second-order valence-electron chi connectivity index (χ2n) is 6.61. The molecule has 3 nitrogen and oxygen atoms in total. The Morgan fingerprint density at radius 2 is 1.76 bits per heavy atom. The Morgan fingerprint density at radius 3 is 2.24 bits per heavy atom. The third-order valence-corrected chi connectivity index (χ3v) is 3.67. The molecule has 1 aliphatic rings. The SMILES string of the molecule is CC1CCCC(C)N1CC(O)CNC(C)(C)C. The van der Waals surface area contributed by atoms with E-state index in [0.717, 1.165) is 6.54 Å². The van der Waals surface area contributed by atoms with Crippen molar-refractivity contribution in [2.45, 2.75) is 77.6 Å². The maximum Gasteiger partial charge on any atom is 0.0791 e. The van der Waals surface area contributed by atoms with Gasteiger partial charge in [0.2, 0.25) is 0 Å². The van der Waals surface area contributed by atoms with Gasteiger partial charge < -0.3 is 10.4 Å². The van der Waals surface area contributed by atoms with Crippen LogP contribution < -0.4 is 5.32 Å². The first-order valence-corrected chi connectivity index (χ1v) is 6.98. The van der Waals surface area contributed by atoms with Gasteiger partial charge in [-0.05, 0) is 47.5 Å². The van der Waals surface area contributed by atoms with E-state index >= 15 is 0 Å². The van der Waals surface area contributed by atoms with Crippen LogP contribution in [-0.2, 0) is 0 Å². The molecule has 1 fully saturated rings. The van der Waals surface area contributed by atoms with E-state index in [2.05, 4.69) is 44.8 Å². The molecule has 0 bridgehead atoms. The highest BCUT2D eigenvalue weighted by Crippen LogP contribution is 2.22. The Labute approximate surface area is 107 Å². The molecule has 17 heavy (non-hydrogen) atoms. The first-order chi connectivity index (χ1) is 7.79. The Hall–Kier alpha value is -0.120. The van der Waals surface area contributed by atoms with Crippen LogP contribution >= 0.6 is 0 Å². The van der Waals surface area contributed by atoms with E-state index in [9.17, 15) is 5.11 Å². The van der Waals surface area contributed by atoms with Crippen molar-refractivity contribution in [3.63, 3.8) is 0 Å². The highest BCUT2D eigenvalue weighted by molar-refractivity contribution is 4.82. The van der Waals surface area contributed by atoms with Crippen LogP contribution in [0.1, 0.15) is 53.9 Å². The fourth-order valence-electron chi connectivity index (χ4n) is 2.57. The van der Waals surface area contributed by atoms with E-state index in [-0.39, 0.29) is 11.6 Å². The quantitative estimate of drug-likeness (QED) is 0.791. The van der Waals surface area contributed by atoms with Crippen molar-refractivity contribution in [3.05, 3.63) is 0 Å². The van der Waals surface area contributed by atoms with Crippen LogP contribution in [0.15, 0.2) is 0 Å². The van der Waals surface area contributed by atoms with Crippen molar-refractivity contribution in [1.82, 2.24) is 10.2 Å². The lowest BCUT2D eigenvalue weighted by atomic mass is 9.97. The van der Waals surface area contributed by atoms with Gasteiger partial charge in [0.1, 0.15) is 0 Å². The summed E-state index contributed by atoms with van der Waals surface area (Å²) in [6.45, 7) is 12.4. The molecule has 0 aromatic rings. The predicted octanol–water partition coefficient (Wildman–Crippen LogP) is 2.00. The van der Waals surface area contributed by atoms with Gasteiger partial charge in [0.25, 0.3) is 0 Å². The summed E-state index contributed by atoms with van der Waals surface area (Å²) in [5.41, 5.74) is 0.0834. The summed E-state index contributed by atoms with van der Waals surface area (Å²) in [4.78, 5) is 2.46. The highest BCUT2D eigenvalue weighted by Gasteiger charge is 2.26. The Kier molecular flexibility index (Phi) is 5.42.